The summed E-state index contributed by atoms with van der Waals surface area (Å²) >= 11 is 5.85. The van der Waals surface area contributed by atoms with E-state index in [4.69, 9.17) is 0 Å². The minimum Gasteiger partial charge on any atom is -0.506 e. The predicted octanol–water partition coefficient (Wildman–Crippen LogP) is 6.49. The number of hydrogen-bond acceptors (Lipinski definition) is 4. The molecule has 0 radical (unpaired) electrons. The van der Waals surface area contributed by atoms with Gasteiger partial charge in [-0.2, -0.15) is 0 Å². The maximum absolute atomic E-state index is 13.5. The normalized spacial score (nSPS) is 25.7. The van der Waals surface area contributed by atoms with Gasteiger partial charge in [0.15, 0.2) is 5.50 Å². The van der Waals surface area contributed by atoms with Crippen molar-refractivity contribution in [3.63, 3.8) is 0 Å². The number of carbonyl (C=O) groups is 1. The summed E-state index contributed by atoms with van der Waals surface area (Å²) in [7, 11) is 0. The fraction of sp³-hybridized carbons (Fsp3) is 0.348. The molecule has 1 aliphatic heterocycles. The molecule has 1 amide bonds. The number of rotatable bonds is 4. The van der Waals surface area contributed by atoms with Crippen LogP contribution in [0.25, 0.3) is 6.08 Å². The summed E-state index contributed by atoms with van der Waals surface area (Å²) in [4.78, 5) is 16.4. The topological polar surface area (TPSA) is 52.6 Å². The summed E-state index contributed by atoms with van der Waals surface area (Å²) in [5, 5.41) is 13.6. The van der Waals surface area contributed by atoms with Gasteiger partial charge in [-0.25, -0.2) is 0 Å². The number of nitrogens with zero attached hydrogens (tertiary/aromatic N) is 1. The number of aromatic hydroxyl groups is 1. The fourth-order valence-electron chi connectivity index (χ4n) is 4.19. The summed E-state index contributed by atoms with van der Waals surface area (Å²) in [6.07, 6.45) is 6.61. The van der Waals surface area contributed by atoms with E-state index in [2.05, 4.69) is 62.3 Å². The molecule has 2 aromatic carbocycles. The van der Waals surface area contributed by atoms with Crippen molar-refractivity contribution in [2.75, 3.05) is 5.32 Å². The third kappa shape index (κ3) is 4.77. The molecule has 4 rings (SSSR count). The first kappa shape index (κ1) is 22.3. The van der Waals surface area contributed by atoms with E-state index in [9.17, 15) is 9.90 Å². The lowest BCUT2D eigenvalue weighted by Gasteiger charge is -2.39. The minimum absolute atomic E-state index is 0.102. The van der Waals surface area contributed by atoms with E-state index >= 15 is 0 Å². The molecule has 2 fully saturated rings. The maximum Gasteiger partial charge on any atom is 0.262 e. The highest BCUT2D eigenvalue weighted by Gasteiger charge is 2.42. The van der Waals surface area contributed by atoms with Crippen molar-refractivity contribution in [1.29, 1.82) is 0 Å². The quantitative estimate of drug-likeness (QED) is 0.295. The van der Waals surface area contributed by atoms with Crippen LogP contribution in [-0.2, 0) is 4.79 Å². The second kappa shape index (κ2) is 9.68. The third-order valence-electron chi connectivity index (χ3n) is 5.76. The number of hydrogen-bond donors (Lipinski definition) is 2. The van der Waals surface area contributed by atoms with Gasteiger partial charge >= 0.3 is 0 Å². The van der Waals surface area contributed by atoms with Gasteiger partial charge in [0, 0.05) is 11.7 Å². The Bertz CT molecular complexity index is 944. The monoisotopic (exact) mass is 646 g/mol. The largest absolute Gasteiger partial charge is 0.506 e. The van der Waals surface area contributed by atoms with E-state index < -0.39 is 0 Å². The van der Waals surface area contributed by atoms with Crippen LogP contribution in [-0.4, -0.2) is 27.5 Å². The van der Waals surface area contributed by atoms with Crippen LogP contribution in [0.3, 0.4) is 0 Å². The molecule has 7 heteroatoms. The number of halogens is 2. The van der Waals surface area contributed by atoms with Gasteiger partial charge in [-0.05, 0) is 99.8 Å². The first-order valence-electron chi connectivity index (χ1n) is 10.1. The van der Waals surface area contributed by atoms with Crippen molar-refractivity contribution in [1.82, 2.24) is 4.90 Å². The van der Waals surface area contributed by atoms with Crippen LogP contribution in [0.4, 0.5) is 5.69 Å². The fourth-order valence-corrected chi connectivity index (χ4v) is 7.22. The number of phenolic OH excluding ortho intramolecular Hbond substituents is 1. The van der Waals surface area contributed by atoms with Gasteiger partial charge in [-0.1, -0.05) is 49.7 Å². The molecule has 2 aromatic rings. The number of thioether (sulfide) groups is 1. The van der Waals surface area contributed by atoms with E-state index in [1.807, 2.05) is 48.5 Å². The second-order valence-corrected chi connectivity index (χ2v) is 11.3. The summed E-state index contributed by atoms with van der Waals surface area (Å²) in [5.74, 6) is 0.897. The standard InChI is InChI=1S/C23H24I2N2O2S/c1-14-7-5-6-10-19(14)27-22(29)20(13-15-11-17(24)21(28)18(25)12-15)30-23(27)26-16-8-3-2-4-9-16/h2-4,8-9,11-14,19,23,26,28H,5-7,10H2,1H3/b20-13-/t14-,19+,23?/m0/s1. The lowest BCUT2D eigenvalue weighted by molar-refractivity contribution is -0.129. The van der Waals surface area contributed by atoms with Crippen LogP contribution < -0.4 is 5.32 Å². The molecular formula is C23H24I2N2O2S. The molecule has 2 N–H and O–H groups in total. The van der Waals surface area contributed by atoms with Gasteiger partial charge in [0.05, 0.1) is 12.0 Å². The Morgan fingerprint density at radius 3 is 2.47 bits per heavy atom. The Morgan fingerprint density at radius 1 is 1.13 bits per heavy atom. The molecule has 158 valence electrons. The van der Waals surface area contributed by atoms with Crippen LogP contribution in [0.2, 0.25) is 0 Å². The number of nitrogens with one attached hydrogen (secondary N) is 1. The highest BCUT2D eigenvalue weighted by atomic mass is 127. The van der Waals surface area contributed by atoms with Gasteiger partial charge in [0.25, 0.3) is 5.91 Å². The van der Waals surface area contributed by atoms with E-state index in [0.29, 0.717) is 11.7 Å². The smallest absolute Gasteiger partial charge is 0.262 e. The van der Waals surface area contributed by atoms with E-state index in [1.165, 1.54) is 19.3 Å². The molecule has 1 aliphatic carbocycles. The Morgan fingerprint density at radius 2 is 1.80 bits per heavy atom. The second-order valence-electron chi connectivity index (χ2n) is 7.86. The number of amides is 1. The maximum atomic E-state index is 13.5. The van der Waals surface area contributed by atoms with Crippen molar-refractivity contribution in [3.05, 3.63) is 60.1 Å². The van der Waals surface area contributed by atoms with Crippen LogP contribution in [0.15, 0.2) is 47.4 Å². The summed E-state index contributed by atoms with van der Waals surface area (Å²) in [5.41, 5.74) is 1.84. The van der Waals surface area contributed by atoms with E-state index in [1.54, 1.807) is 11.8 Å². The molecule has 3 atom stereocenters. The molecule has 2 aliphatic rings. The summed E-state index contributed by atoms with van der Waals surface area (Å²) in [6.45, 7) is 2.27. The van der Waals surface area contributed by atoms with Crippen LogP contribution in [0.1, 0.15) is 38.2 Å². The van der Waals surface area contributed by atoms with Crippen LogP contribution >= 0.6 is 56.9 Å². The zero-order valence-electron chi connectivity index (χ0n) is 16.6. The lowest BCUT2D eigenvalue weighted by atomic mass is 9.85. The Balaban J connectivity index is 1.67. The van der Waals surface area contributed by atoms with Crippen molar-refractivity contribution in [3.8, 4) is 5.75 Å². The molecule has 1 heterocycles. The zero-order chi connectivity index (χ0) is 21.3. The average Bonchev–Trinajstić information content (AvgIpc) is 3.02. The highest BCUT2D eigenvalue weighted by molar-refractivity contribution is 14.1. The van der Waals surface area contributed by atoms with Crippen molar-refractivity contribution >= 4 is 74.6 Å². The Hall–Kier alpha value is -0.940. The Labute approximate surface area is 209 Å². The molecule has 0 spiro atoms. The number of anilines is 1. The molecule has 0 aromatic heterocycles. The van der Waals surface area contributed by atoms with Crippen LogP contribution in [0.5, 0.6) is 5.75 Å². The first-order chi connectivity index (χ1) is 14.4. The van der Waals surface area contributed by atoms with Gasteiger partial charge in [0.2, 0.25) is 0 Å². The highest BCUT2D eigenvalue weighted by Crippen LogP contribution is 2.42. The van der Waals surface area contributed by atoms with Gasteiger partial charge in [0.1, 0.15) is 5.75 Å². The van der Waals surface area contributed by atoms with Crippen LogP contribution in [0, 0.1) is 13.1 Å². The van der Waals surface area contributed by atoms with Gasteiger partial charge in [-0.15, -0.1) is 0 Å². The predicted molar refractivity (Wildman–Crippen MR) is 141 cm³/mol. The summed E-state index contributed by atoms with van der Waals surface area (Å²) in [6, 6.07) is 14.2. The van der Waals surface area contributed by atoms with Crippen molar-refractivity contribution in [2.45, 2.75) is 44.1 Å². The first-order valence-corrected chi connectivity index (χ1v) is 13.2. The van der Waals surface area contributed by atoms with E-state index in [-0.39, 0.29) is 17.4 Å². The molecule has 1 unspecified atom stereocenters. The number of carbonyl (C=O) groups excluding carboxylic acids is 1. The molecule has 30 heavy (non-hydrogen) atoms. The summed E-state index contributed by atoms with van der Waals surface area (Å²) < 4.78 is 1.58. The third-order valence-corrected chi connectivity index (χ3v) is 8.52. The zero-order valence-corrected chi connectivity index (χ0v) is 21.8. The van der Waals surface area contributed by atoms with Crippen molar-refractivity contribution < 1.29 is 9.90 Å². The van der Waals surface area contributed by atoms with Crippen molar-refractivity contribution in [2.24, 2.45) is 5.92 Å². The number of para-hydroxylation sites is 1. The average molecular weight is 646 g/mol. The van der Waals surface area contributed by atoms with Gasteiger partial charge < -0.3 is 15.3 Å². The van der Waals surface area contributed by atoms with E-state index in [0.717, 1.165) is 29.7 Å². The Kier molecular flexibility index (Phi) is 7.19. The molecule has 1 saturated carbocycles. The number of benzene rings is 2. The number of phenols is 1. The minimum atomic E-state index is -0.119. The molecule has 1 saturated heterocycles. The molecular weight excluding hydrogens is 622 g/mol. The molecule has 4 nitrogen and oxygen atoms in total. The molecule has 0 bridgehead atoms. The van der Waals surface area contributed by atoms with Gasteiger partial charge in [-0.3, -0.25) is 4.79 Å². The SMILES string of the molecule is C[C@H]1CCCC[C@H]1N1C(=O)/C(=C/c2cc(I)c(O)c(I)c2)SC1Nc1ccccc1. The lowest BCUT2D eigenvalue weighted by Crippen LogP contribution is -2.48.